The highest BCUT2D eigenvalue weighted by molar-refractivity contribution is 5.86. The van der Waals surface area contributed by atoms with Crippen LogP contribution in [0.15, 0.2) is 23.3 Å². The van der Waals surface area contributed by atoms with E-state index in [-0.39, 0.29) is 12.4 Å². The van der Waals surface area contributed by atoms with E-state index in [4.69, 9.17) is 19.9 Å². The molecule has 0 aliphatic carbocycles. The monoisotopic (exact) mass is 323 g/mol. The fourth-order valence-electron chi connectivity index (χ4n) is 1.74. The molecule has 3 N–H and O–H groups in total. The minimum absolute atomic E-state index is 0.261. The topological polar surface area (TPSA) is 112 Å². The minimum Gasteiger partial charge on any atom is -0.493 e. The van der Waals surface area contributed by atoms with E-state index in [1.165, 1.54) is 13.3 Å². The lowest BCUT2D eigenvalue weighted by Crippen LogP contribution is -2.24. The number of urea groups is 1. The minimum atomic E-state index is -0.763. The molecule has 0 saturated carbocycles. The summed E-state index contributed by atoms with van der Waals surface area (Å²) in [6.45, 7) is 2.43. The van der Waals surface area contributed by atoms with Crippen molar-refractivity contribution in [1.29, 1.82) is 0 Å². The fraction of sp³-hybridized carbons (Fsp3) is 0.400. The molecule has 23 heavy (non-hydrogen) atoms. The maximum atomic E-state index is 11.3. The number of hydrogen-bond donors (Lipinski definition) is 2. The van der Waals surface area contributed by atoms with Crippen molar-refractivity contribution in [2.24, 2.45) is 10.8 Å². The molecule has 8 heteroatoms. The summed E-state index contributed by atoms with van der Waals surface area (Å²) in [5.74, 6) is 0.724. The van der Waals surface area contributed by atoms with E-state index in [0.29, 0.717) is 36.7 Å². The second-order valence-corrected chi connectivity index (χ2v) is 4.37. The van der Waals surface area contributed by atoms with Crippen molar-refractivity contribution in [3.8, 4) is 11.5 Å². The van der Waals surface area contributed by atoms with Gasteiger partial charge in [0.1, 0.15) is 0 Å². The molecule has 0 atom stereocenters. The van der Waals surface area contributed by atoms with Gasteiger partial charge in [0.2, 0.25) is 0 Å². The number of benzene rings is 1. The van der Waals surface area contributed by atoms with Crippen molar-refractivity contribution in [1.82, 2.24) is 5.43 Å². The van der Waals surface area contributed by atoms with Crippen molar-refractivity contribution >= 4 is 18.2 Å². The fourth-order valence-corrected chi connectivity index (χ4v) is 1.74. The Kier molecular flexibility index (Phi) is 7.98. The molecule has 0 saturated heterocycles. The van der Waals surface area contributed by atoms with Gasteiger partial charge in [-0.2, -0.15) is 5.10 Å². The predicted octanol–water partition coefficient (Wildman–Crippen LogP) is 1.42. The first kappa shape index (κ1) is 18.3. The van der Waals surface area contributed by atoms with Crippen LogP contribution in [0.3, 0.4) is 0 Å². The van der Waals surface area contributed by atoms with Gasteiger partial charge in [-0.1, -0.05) is 6.07 Å². The molecule has 8 nitrogen and oxygen atoms in total. The van der Waals surface area contributed by atoms with Crippen LogP contribution >= 0.6 is 0 Å². The molecule has 2 amide bonds. The zero-order chi connectivity index (χ0) is 17.1. The van der Waals surface area contributed by atoms with Gasteiger partial charge in [0.25, 0.3) is 0 Å². The number of methoxy groups -OCH3 is 1. The molecule has 0 heterocycles. The largest absolute Gasteiger partial charge is 0.493 e. The number of amides is 2. The maximum Gasteiger partial charge on any atom is 0.332 e. The highest BCUT2D eigenvalue weighted by atomic mass is 16.5. The standard InChI is InChI=1S/C15H21N3O5/c1-3-22-13(19)8-5-9-23-14-11(10-17-18-15(16)20)6-4-7-12(14)21-2/h4,6-7,10H,3,5,8-9H2,1-2H3,(H3,16,18,20). The van der Waals surface area contributed by atoms with Crippen LogP contribution in [0, 0.1) is 0 Å². The third kappa shape index (κ3) is 6.68. The number of rotatable bonds is 9. The molecule has 0 aromatic heterocycles. The average molecular weight is 323 g/mol. The zero-order valence-corrected chi connectivity index (χ0v) is 13.2. The van der Waals surface area contributed by atoms with Gasteiger partial charge in [0, 0.05) is 12.0 Å². The molecule has 0 unspecified atom stereocenters. The molecule has 0 bridgehead atoms. The summed E-state index contributed by atoms with van der Waals surface area (Å²) in [7, 11) is 1.52. The first-order valence-electron chi connectivity index (χ1n) is 7.12. The van der Waals surface area contributed by atoms with E-state index in [9.17, 15) is 9.59 Å². The molecular formula is C15H21N3O5. The van der Waals surface area contributed by atoms with E-state index < -0.39 is 6.03 Å². The summed E-state index contributed by atoms with van der Waals surface area (Å²) < 4.78 is 15.8. The Hall–Kier alpha value is -2.77. The number of nitrogens with two attached hydrogens (primary N) is 1. The van der Waals surface area contributed by atoms with Gasteiger partial charge in [-0.25, -0.2) is 10.2 Å². The normalized spacial score (nSPS) is 10.3. The van der Waals surface area contributed by atoms with Gasteiger partial charge in [-0.15, -0.1) is 0 Å². The Morgan fingerprint density at radius 1 is 1.39 bits per heavy atom. The Labute approximate surface area is 134 Å². The van der Waals surface area contributed by atoms with Crippen LogP contribution in [-0.4, -0.2) is 38.5 Å². The molecule has 0 radical (unpaired) electrons. The summed E-state index contributed by atoms with van der Waals surface area (Å²) >= 11 is 0. The summed E-state index contributed by atoms with van der Waals surface area (Å²) in [6, 6.07) is 4.48. The average Bonchev–Trinajstić information content (AvgIpc) is 2.52. The van der Waals surface area contributed by atoms with Crippen LogP contribution in [0.2, 0.25) is 0 Å². The first-order chi connectivity index (χ1) is 11.1. The van der Waals surface area contributed by atoms with E-state index in [1.807, 2.05) is 0 Å². The Morgan fingerprint density at radius 2 is 2.17 bits per heavy atom. The molecule has 0 aliphatic heterocycles. The Morgan fingerprint density at radius 3 is 2.83 bits per heavy atom. The molecule has 1 aromatic rings. The second-order valence-electron chi connectivity index (χ2n) is 4.37. The number of carbonyl (C=O) groups is 2. The highest BCUT2D eigenvalue weighted by Gasteiger charge is 2.10. The molecular weight excluding hydrogens is 302 g/mol. The smallest absolute Gasteiger partial charge is 0.332 e. The number of para-hydroxylation sites is 1. The number of nitrogens with one attached hydrogen (secondary N) is 1. The van der Waals surface area contributed by atoms with Crippen LogP contribution < -0.4 is 20.6 Å². The summed E-state index contributed by atoms with van der Waals surface area (Å²) in [5.41, 5.74) is 7.65. The zero-order valence-electron chi connectivity index (χ0n) is 13.2. The first-order valence-corrected chi connectivity index (χ1v) is 7.12. The van der Waals surface area contributed by atoms with Gasteiger partial charge in [-0.05, 0) is 25.5 Å². The number of carbonyl (C=O) groups excluding carboxylic acids is 2. The number of esters is 1. The number of primary amides is 1. The van der Waals surface area contributed by atoms with E-state index in [1.54, 1.807) is 25.1 Å². The lowest BCUT2D eigenvalue weighted by molar-refractivity contribution is -0.143. The van der Waals surface area contributed by atoms with Gasteiger partial charge >= 0.3 is 12.0 Å². The summed E-state index contributed by atoms with van der Waals surface area (Å²) in [6.07, 6.45) is 2.18. The molecule has 1 rings (SSSR count). The number of ether oxygens (including phenoxy) is 3. The molecule has 1 aromatic carbocycles. The van der Waals surface area contributed by atoms with Crippen LogP contribution in [0.25, 0.3) is 0 Å². The van der Waals surface area contributed by atoms with Crippen LogP contribution in [0.1, 0.15) is 25.3 Å². The van der Waals surface area contributed by atoms with Crippen LogP contribution in [0.5, 0.6) is 11.5 Å². The van der Waals surface area contributed by atoms with Gasteiger partial charge in [-0.3, -0.25) is 4.79 Å². The third-order valence-corrected chi connectivity index (χ3v) is 2.68. The molecule has 0 fully saturated rings. The molecule has 126 valence electrons. The Bertz CT molecular complexity index is 560. The second kappa shape index (κ2) is 10.0. The number of nitrogens with zero attached hydrogens (tertiary/aromatic N) is 1. The molecule has 0 spiro atoms. The Balaban J connectivity index is 2.69. The lowest BCUT2D eigenvalue weighted by Gasteiger charge is -2.13. The van der Waals surface area contributed by atoms with Crippen molar-refractivity contribution in [3.63, 3.8) is 0 Å². The van der Waals surface area contributed by atoms with Gasteiger partial charge in [0.15, 0.2) is 11.5 Å². The van der Waals surface area contributed by atoms with E-state index >= 15 is 0 Å². The highest BCUT2D eigenvalue weighted by Crippen LogP contribution is 2.30. The van der Waals surface area contributed by atoms with Crippen LogP contribution in [0.4, 0.5) is 4.79 Å². The maximum absolute atomic E-state index is 11.3. The lowest BCUT2D eigenvalue weighted by atomic mass is 10.2. The summed E-state index contributed by atoms with van der Waals surface area (Å²) in [5, 5.41) is 3.70. The molecule has 0 aliphatic rings. The van der Waals surface area contributed by atoms with Crippen molar-refractivity contribution in [2.45, 2.75) is 19.8 Å². The van der Waals surface area contributed by atoms with Crippen molar-refractivity contribution < 1.29 is 23.8 Å². The third-order valence-electron chi connectivity index (χ3n) is 2.68. The number of hydrogen-bond acceptors (Lipinski definition) is 6. The van der Waals surface area contributed by atoms with Gasteiger partial charge < -0.3 is 19.9 Å². The van der Waals surface area contributed by atoms with Crippen LogP contribution in [-0.2, 0) is 9.53 Å². The summed E-state index contributed by atoms with van der Waals surface area (Å²) in [4.78, 5) is 21.9. The van der Waals surface area contributed by atoms with E-state index in [2.05, 4.69) is 10.5 Å². The van der Waals surface area contributed by atoms with Crippen molar-refractivity contribution in [3.05, 3.63) is 23.8 Å². The van der Waals surface area contributed by atoms with Crippen molar-refractivity contribution in [2.75, 3.05) is 20.3 Å². The SMILES string of the molecule is CCOC(=O)CCCOc1c(C=NNC(N)=O)cccc1OC. The predicted molar refractivity (Wildman–Crippen MR) is 84.7 cm³/mol. The number of hydrazone groups is 1. The van der Waals surface area contributed by atoms with E-state index in [0.717, 1.165) is 0 Å². The quantitative estimate of drug-likeness (QED) is 0.309. The van der Waals surface area contributed by atoms with Gasteiger partial charge in [0.05, 0.1) is 26.5 Å².